The molecule has 5 heteroatoms. The van der Waals surface area contributed by atoms with Crippen molar-refractivity contribution in [3.63, 3.8) is 0 Å². The van der Waals surface area contributed by atoms with Gasteiger partial charge in [0.1, 0.15) is 11.2 Å². The molecule has 1 unspecified atom stereocenters. The lowest BCUT2D eigenvalue weighted by Crippen LogP contribution is -2.67. The number of aromatic nitrogens is 1. The first-order valence-corrected chi connectivity index (χ1v) is 13.5. The Morgan fingerprint density at radius 3 is 2.06 bits per heavy atom. The monoisotopic (exact) mass is 461 g/mol. The van der Waals surface area contributed by atoms with E-state index in [4.69, 9.17) is 0 Å². The Kier molecular flexibility index (Phi) is 6.80. The summed E-state index contributed by atoms with van der Waals surface area (Å²) < 4.78 is 2.09. The molecule has 182 valence electrons. The van der Waals surface area contributed by atoms with Gasteiger partial charge in [-0.25, -0.2) is 0 Å². The zero-order valence-electron chi connectivity index (χ0n) is 20.6. The molecule has 1 aromatic carbocycles. The van der Waals surface area contributed by atoms with E-state index < -0.39 is 5.54 Å². The van der Waals surface area contributed by atoms with Crippen molar-refractivity contribution in [2.24, 2.45) is 0 Å². The summed E-state index contributed by atoms with van der Waals surface area (Å²) in [6.07, 6.45) is 13.6. The minimum Gasteiger partial charge on any atom is -0.351 e. The Morgan fingerprint density at radius 2 is 1.41 bits per heavy atom. The highest BCUT2D eigenvalue weighted by Crippen LogP contribution is 2.37. The summed E-state index contributed by atoms with van der Waals surface area (Å²) >= 11 is 0. The number of nitrogens with zero attached hydrogens (tertiary/aromatic N) is 2. The first-order valence-electron chi connectivity index (χ1n) is 13.5. The molecule has 1 aliphatic heterocycles. The molecule has 5 nitrogen and oxygen atoms in total. The highest BCUT2D eigenvalue weighted by Gasteiger charge is 2.50. The molecule has 0 spiro atoms. The van der Waals surface area contributed by atoms with Crippen LogP contribution in [0.25, 0.3) is 11.3 Å². The molecule has 2 fully saturated rings. The van der Waals surface area contributed by atoms with Crippen molar-refractivity contribution >= 4 is 11.8 Å². The molecular weight excluding hydrogens is 422 g/mol. The summed E-state index contributed by atoms with van der Waals surface area (Å²) in [5.74, 6) is 0.0363. The molecule has 0 bridgehead atoms. The van der Waals surface area contributed by atoms with Crippen LogP contribution in [0, 0.1) is 0 Å². The lowest BCUT2D eigenvalue weighted by atomic mass is 9.89. The molecule has 1 atom stereocenters. The van der Waals surface area contributed by atoms with Gasteiger partial charge in [-0.15, -0.1) is 0 Å². The number of carbonyl (C=O) groups is 2. The predicted molar refractivity (Wildman–Crippen MR) is 136 cm³/mol. The van der Waals surface area contributed by atoms with Crippen molar-refractivity contribution in [1.29, 1.82) is 0 Å². The van der Waals surface area contributed by atoms with Crippen LogP contribution in [0.2, 0.25) is 0 Å². The summed E-state index contributed by atoms with van der Waals surface area (Å²) in [5.41, 5.74) is 1.91. The average molecular weight is 462 g/mol. The van der Waals surface area contributed by atoms with E-state index in [1.54, 1.807) is 0 Å². The molecule has 0 saturated heterocycles. The van der Waals surface area contributed by atoms with Crippen LogP contribution in [0.4, 0.5) is 0 Å². The van der Waals surface area contributed by atoms with Crippen LogP contribution in [-0.2, 0) is 11.3 Å². The Labute approximate surface area is 203 Å². The first kappa shape index (κ1) is 23.2. The van der Waals surface area contributed by atoms with Gasteiger partial charge >= 0.3 is 0 Å². The zero-order valence-corrected chi connectivity index (χ0v) is 20.6. The van der Waals surface area contributed by atoms with Gasteiger partial charge in [-0.2, -0.15) is 0 Å². The largest absolute Gasteiger partial charge is 0.351 e. The van der Waals surface area contributed by atoms with E-state index in [0.717, 1.165) is 49.8 Å². The van der Waals surface area contributed by atoms with Gasteiger partial charge in [-0.05, 0) is 50.3 Å². The van der Waals surface area contributed by atoms with Gasteiger partial charge in [-0.1, -0.05) is 81.7 Å². The number of amides is 2. The van der Waals surface area contributed by atoms with Gasteiger partial charge in [-0.3, -0.25) is 9.59 Å². The van der Waals surface area contributed by atoms with E-state index in [1.807, 2.05) is 42.2 Å². The number of rotatable bonds is 4. The SMILES string of the molecule is CC1(C(=O)NC2CCCCCC2)Cn2c(ccc2-c2ccccc2)C(=O)N1C1CCCCCC1. The maximum atomic E-state index is 14.1. The van der Waals surface area contributed by atoms with Crippen LogP contribution in [-0.4, -0.2) is 38.9 Å². The van der Waals surface area contributed by atoms with Crippen molar-refractivity contribution in [2.45, 2.75) is 108 Å². The van der Waals surface area contributed by atoms with E-state index >= 15 is 0 Å². The van der Waals surface area contributed by atoms with Crippen LogP contribution in [0.1, 0.15) is 94.5 Å². The second kappa shape index (κ2) is 9.97. The third-order valence-corrected chi connectivity index (χ3v) is 8.36. The fourth-order valence-corrected chi connectivity index (χ4v) is 6.45. The van der Waals surface area contributed by atoms with E-state index in [-0.39, 0.29) is 23.9 Å². The quantitative estimate of drug-likeness (QED) is 0.574. The number of hydrogen-bond donors (Lipinski definition) is 1. The highest BCUT2D eigenvalue weighted by molar-refractivity contribution is 6.00. The molecule has 1 aromatic heterocycles. The molecule has 2 heterocycles. The molecular formula is C29H39N3O2. The van der Waals surface area contributed by atoms with Gasteiger partial charge < -0.3 is 14.8 Å². The molecule has 1 N–H and O–H groups in total. The van der Waals surface area contributed by atoms with Crippen molar-refractivity contribution < 1.29 is 9.59 Å². The van der Waals surface area contributed by atoms with E-state index in [2.05, 4.69) is 22.0 Å². The van der Waals surface area contributed by atoms with Crippen molar-refractivity contribution in [3.05, 3.63) is 48.2 Å². The van der Waals surface area contributed by atoms with Crippen LogP contribution in [0.3, 0.4) is 0 Å². The van der Waals surface area contributed by atoms with Crippen LogP contribution >= 0.6 is 0 Å². The minimum absolute atomic E-state index is 0.0128. The van der Waals surface area contributed by atoms with Crippen LogP contribution in [0.5, 0.6) is 0 Å². The normalized spacial score (nSPS) is 24.9. The summed E-state index contributed by atoms with van der Waals surface area (Å²) in [4.78, 5) is 30.1. The van der Waals surface area contributed by atoms with Crippen molar-refractivity contribution in [3.8, 4) is 11.3 Å². The third-order valence-electron chi connectivity index (χ3n) is 8.36. The lowest BCUT2D eigenvalue weighted by molar-refractivity contribution is -0.135. The average Bonchev–Trinajstić information content (AvgIpc) is 3.01. The summed E-state index contributed by atoms with van der Waals surface area (Å²) in [5, 5.41) is 3.41. The molecule has 5 rings (SSSR count). The summed E-state index contributed by atoms with van der Waals surface area (Å²) in [7, 11) is 0. The Bertz CT molecular complexity index is 998. The maximum Gasteiger partial charge on any atom is 0.271 e. The maximum absolute atomic E-state index is 14.1. The number of carbonyl (C=O) groups excluding carboxylic acids is 2. The number of fused-ring (bicyclic) bond motifs is 1. The topological polar surface area (TPSA) is 54.3 Å². The number of benzene rings is 1. The van der Waals surface area contributed by atoms with E-state index in [1.165, 1.54) is 38.5 Å². The van der Waals surface area contributed by atoms with Crippen molar-refractivity contribution in [2.75, 3.05) is 0 Å². The van der Waals surface area contributed by atoms with Crippen molar-refractivity contribution in [1.82, 2.24) is 14.8 Å². The van der Waals surface area contributed by atoms with Crippen LogP contribution in [0.15, 0.2) is 42.5 Å². The number of hydrogen-bond acceptors (Lipinski definition) is 2. The van der Waals surface area contributed by atoms with Gasteiger partial charge in [0.25, 0.3) is 5.91 Å². The van der Waals surface area contributed by atoms with Gasteiger partial charge in [0.05, 0.1) is 6.54 Å². The van der Waals surface area contributed by atoms with E-state index in [9.17, 15) is 9.59 Å². The Morgan fingerprint density at radius 1 is 0.824 bits per heavy atom. The summed E-state index contributed by atoms with van der Waals surface area (Å²) in [6, 6.07) is 14.6. The van der Waals surface area contributed by atoms with Gasteiger partial charge in [0.2, 0.25) is 5.91 Å². The minimum atomic E-state index is -0.895. The standard InChI is InChI=1S/C29H39N3O2/c1-29(28(34)30-23-15-9-2-3-10-16-23)21-31-25(22-13-7-6-8-14-22)19-20-26(31)27(33)32(29)24-17-11-4-5-12-18-24/h6-8,13-14,19-20,23-24H,2-5,9-12,15-18,21H2,1H3,(H,30,34). The van der Waals surface area contributed by atoms with E-state index in [0.29, 0.717) is 12.2 Å². The second-order valence-electron chi connectivity index (χ2n) is 10.8. The predicted octanol–water partition coefficient (Wildman–Crippen LogP) is 5.93. The molecule has 0 radical (unpaired) electrons. The van der Waals surface area contributed by atoms with Crippen LogP contribution < -0.4 is 5.32 Å². The smallest absolute Gasteiger partial charge is 0.271 e. The zero-order chi connectivity index (χ0) is 23.5. The Balaban J connectivity index is 1.52. The molecule has 2 aromatic rings. The fraction of sp³-hybridized carbons (Fsp3) is 0.586. The second-order valence-corrected chi connectivity index (χ2v) is 10.8. The molecule has 2 amide bonds. The Hall–Kier alpha value is -2.56. The molecule has 2 saturated carbocycles. The number of nitrogens with one attached hydrogen (secondary N) is 1. The third kappa shape index (κ3) is 4.42. The fourth-order valence-electron chi connectivity index (χ4n) is 6.45. The highest BCUT2D eigenvalue weighted by atomic mass is 16.2. The molecule has 34 heavy (non-hydrogen) atoms. The first-order chi connectivity index (χ1) is 16.6. The van der Waals surface area contributed by atoms with Gasteiger partial charge in [0, 0.05) is 17.8 Å². The summed E-state index contributed by atoms with van der Waals surface area (Å²) in [6.45, 7) is 2.51. The lowest BCUT2D eigenvalue weighted by Gasteiger charge is -2.48. The molecule has 2 aliphatic carbocycles. The molecule has 3 aliphatic rings. The van der Waals surface area contributed by atoms with Gasteiger partial charge in [0.15, 0.2) is 0 Å².